The van der Waals surface area contributed by atoms with Crippen LogP contribution in [0.1, 0.15) is 36.6 Å². The standard InChI is InChI=1S/C12H17N3O2/c1-8-7-10(9-3-4-9)14-12(13-8)15(2)6-5-11(16)17/h7,9H,3-6H2,1-2H3,(H,16,17). The number of nitrogens with zero attached hydrogens (tertiary/aromatic N) is 3. The predicted molar refractivity (Wildman–Crippen MR) is 64.3 cm³/mol. The van der Waals surface area contributed by atoms with Crippen LogP contribution in [0.5, 0.6) is 0 Å². The largest absolute Gasteiger partial charge is 0.481 e. The molecule has 0 bridgehead atoms. The molecular weight excluding hydrogens is 218 g/mol. The van der Waals surface area contributed by atoms with Crippen molar-refractivity contribution in [1.82, 2.24) is 9.97 Å². The first-order valence-electron chi connectivity index (χ1n) is 5.85. The number of aromatic nitrogens is 2. The van der Waals surface area contributed by atoms with Gasteiger partial charge in [-0.2, -0.15) is 0 Å². The number of aliphatic carboxylic acids is 1. The number of anilines is 1. The van der Waals surface area contributed by atoms with E-state index in [1.165, 1.54) is 12.8 Å². The molecule has 1 N–H and O–H groups in total. The Morgan fingerprint density at radius 3 is 2.82 bits per heavy atom. The van der Waals surface area contributed by atoms with Crippen LogP contribution in [0, 0.1) is 6.92 Å². The van der Waals surface area contributed by atoms with Crippen LogP contribution in [0.15, 0.2) is 6.07 Å². The van der Waals surface area contributed by atoms with Crippen molar-refractivity contribution >= 4 is 11.9 Å². The number of rotatable bonds is 5. The number of aryl methyl sites for hydroxylation is 1. The van der Waals surface area contributed by atoms with E-state index in [0.29, 0.717) is 18.4 Å². The number of carboxylic acids is 1. The highest BCUT2D eigenvalue weighted by molar-refractivity contribution is 5.67. The summed E-state index contributed by atoms with van der Waals surface area (Å²) in [5, 5.41) is 8.65. The first-order chi connectivity index (χ1) is 8.06. The molecule has 1 aromatic heterocycles. The third-order valence-corrected chi connectivity index (χ3v) is 2.86. The lowest BCUT2D eigenvalue weighted by molar-refractivity contribution is -0.136. The maximum absolute atomic E-state index is 10.5. The van der Waals surface area contributed by atoms with Gasteiger partial charge in [-0.1, -0.05) is 0 Å². The van der Waals surface area contributed by atoms with E-state index in [2.05, 4.69) is 9.97 Å². The highest BCUT2D eigenvalue weighted by Crippen LogP contribution is 2.39. The predicted octanol–water partition coefficient (Wildman–Crippen LogP) is 1.57. The fourth-order valence-electron chi connectivity index (χ4n) is 1.70. The fourth-order valence-corrected chi connectivity index (χ4v) is 1.70. The first kappa shape index (κ1) is 11.8. The summed E-state index contributed by atoms with van der Waals surface area (Å²) in [6, 6.07) is 2.02. The van der Waals surface area contributed by atoms with Gasteiger partial charge < -0.3 is 10.0 Å². The topological polar surface area (TPSA) is 66.3 Å². The summed E-state index contributed by atoms with van der Waals surface area (Å²) < 4.78 is 0. The third-order valence-electron chi connectivity index (χ3n) is 2.86. The zero-order valence-electron chi connectivity index (χ0n) is 10.2. The lowest BCUT2D eigenvalue weighted by Crippen LogP contribution is -2.23. The van der Waals surface area contributed by atoms with E-state index in [4.69, 9.17) is 5.11 Å². The van der Waals surface area contributed by atoms with Gasteiger partial charge >= 0.3 is 5.97 Å². The van der Waals surface area contributed by atoms with E-state index in [9.17, 15) is 4.79 Å². The number of carboxylic acid groups (broad SMARTS) is 1. The maximum atomic E-state index is 10.5. The minimum Gasteiger partial charge on any atom is -0.481 e. The monoisotopic (exact) mass is 235 g/mol. The Kier molecular flexibility index (Phi) is 3.26. The minimum absolute atomic E-state index is 0.104. The molecular formula is C12H17N3O2. The summed E-state index contributed by atoms with van der Waals surface area (Å²) in [4.78, 5) is 21.2. The molecule has 0 aliphatic heterocycles. The molecule has 5 nitrogen and oxygen atoms in total. The van der Waals surface area contributed by atoms with Crippen LogP contribution < -0.4 is 4.90 Å². The molecule has 1 saturated carbocycles. The molecule has 1 fully saturated rings. The van der Waals surface area contributed by atoms with E-state index in [0.717, 1.165) is 11.4 Å². The van der Waals surface area contributed by atoms with Crippen molar-refractivity contribution in [3.8, 4) is 0 Å². The van der Waals surface area contributed by atoms with Gasteiger partial charge in [0.2, 0.25) is 5.95 Å². The Balaban J connectivity index is 2.10. The molecule has 0 radical (unpaired) electrons. The number of hydrogen-bond donors (Lipinski definition) is 1. The molecule has 0 aromatic carbocycles. The summed E-state index contributed by atoms with van der Waals surface area (Å²) in [5.41, 5.74) is 2.04. The van der Waals surface area contributed by atoms with Gasteiger partial charge in [0.1, 0.15) is 0 Å². The highest BCUT2D eigenvalue weighted by Gasteiger charge is 2.26. The molecule has 5 heteroatoms. The average molecular weight is 235 g/mol. The Morgan fingerprint density at radius 1 is 1.53 bits per heavy atom. The summed E-state index contributed by atoms with van der Waals surface area (Å²) >= 11 is 0. The molecule has 1 aliphatic carbocycles. The van der Waals surface area contributed by atoms with Crippen LogP contribution in [0.25, 0.3) is 0 Å². The molecule has 1 aromatic rings. The molecule has 0 saturated heterocycles. The first-order valence-corrected chi connectivity index (χ1v) is 5.85. The van der Waals surface area contributed by atoms with E-state index in [1.807, 2.05) is 20.0 Å². The van der Waals surface area contributed by atoms with E-state index < -0.39 is 5.97 Å². The highest BCUT2D eigenvalue weighted by atomic mass is 16.4. The van der Waals surface area contributed by atoms with Gasteiger partial charge in [0.05, 0.1) is 6.42 Å². The Bertz CT molecular complexity index is 430. The molecule has 2 rings (SSSR count). The molecule has 0 amide bonds. The van der Waals surface area contributed by atoms with Crippen molar-refractivity contribution in [3.63, 3.8) is 0 Å². The van der Waals surface area contributed by atoms with Crippen LogP contribution >= 0.6 is 0 Å². The van der Waals surface area contributed by atoms with Crippen molar-refractivity contribution in [1.29, 1.82) is 0 Å². The van der Waals surface area contributed by atoms with Gasteiger partial charge in [-0.3, -0.25) is 4.79 Å². The van der Waals surface area contributed by atoms with Crippen LogP contribution in [0.3, 0.4) is 0 Å². The number of carbonyl (C=O) groups is 1. The molecule has 92 valence electrons. The van der Waals surface area contributed by atoms with Gasteiger partial charge in [0.25, 0.3) is 0 Å². The molecule has 17 heavy (non-hydrogen) atoms. The lowest BCUT2D eigenvalue weighted by Gasteiger charge is -2.17. The Labute approximate surface area is 100 Å². The zero-order chi connectivity index (χ0) is 12.4. The molecule has 1 heterocycles. The van der Waals surface area contributed by atoms with E-state index >= 15 is 0 Å². The van der Waals surface area contributed by atoms with Gasteiger partial charge in [-0.05, 0) is 25.8 Å². The normalized spacial score (nSPS) is 14.7. The second kappa shape index (κ2) is 4.69. The van der Waals surface area contributed by atoms with Crippen molar-refractivity contribution in [2.75, 3.05) is 18.5 Å². The maximum Gasteiger partial charge on any atom is 0.305 e. The fraction of sp³-hybridized carbons (Fsp3) is 0.583. The smallest absolute Gasteiger partial charge is 0.305 e. The van der Waals surface area contributed by atoms with Gasteiger partial charge in [-0.15, -0.1) is 0 Å². The third kappa shape index (κ3) is 3.15. The van der Waals surface area contributed by atoms with E-state index in [-0.39, 0.29) is 6.42 Å². The lowest BCUT2D eigenvalue weighted by atomic mass is 10.2. The summed E-state index contributed by atoms with van der Waals surface area (Å²) in [7, 11) is 1.83. The molecule has 0 atom stereocenters. The van der Waals surface area contributed by atoms with Crippen LogP contribution in [-0.4, -0.2) is 34.6 Å². The van der Waals surface area contributed by atoms with Crippen molar-refractivity contribution in [2.45, 2.75) is 32.1 Å². The second-order valence-electron chi connectivity index (χ2n) is 4.57. The Morgan fingerprint density at radius 2 is 2.24 bits per heavy atom. The van der Waals surface area contributed by atoms with Crippen LogP contribution in [-0.2, 0) is 4.79 Å². The van der Waals surface area contributed by atoms with Crippen LogP contribution in [0.2, 0.25) is 0 Å². The van der Waals surface area contributed by atoms with Gasteiger partial charge in [0, 0.05) is 30.9 Å². The van der Waals surface area contributed by atoms with Gasteiger partial charge in [-0.25, -0.2) is 9.97 Å². The quantitative estimate of drug-likeness (QED) is 0.839. The summed E-state index contributed by atoms with van der Waals surface area (Å²) in [6.07, 6.45) is 2.51. The van der Waals surface area contributed by atoms with Crippen molar-refractivity contribution < 1.29 is 9.90 Å². The van der Waals surface area contributed by atoms with Crippen molar-refractivity contribution in [2.24, 2.45) is 0 Å². The van der Waals surface area contributed by atoms with Gasteiger partial charge in [0.15, 0.2) is 0 Å². The van der Waals surface area contributed by atoms with E-state index in [1.54, 1.807) is 4.90 Å². The SMILES string of the molecule is Cc1cc(C2CC2)nc(N(C)CCC(=O)O)n1. The minimum atomic E-state index is -0.799. The molecule has 0 unspecified atom stereocenters. The van der Waals surface area contributed by atoms with Crippen LogP contribution in [0.4, 0.5) is 5.95 Å². The molecule has 0 spiro atoms. The summed E-state index contributed by atoms with van der Waals surface area (Å²) in [5.74, 6) is 0.420. The molecule has 1 aliphatic rings. The van der Waals surface area contributed by atoms with Crippen molar-refractivity contribution in [3.05, 3.63) is 17.5 Å². The Hall–Kier alpha value is -1.65. The zero-order valence-corrected chi connectivity index (χ0v) is 10.2. The average Bonchev–Trinajstić information content (AvgIpc) is 3.08. The second-order valence-corrected chi connectivity index (χ2v) is 4.57. The number of hydrogen-bond acceptors (Lipinski definition) is 4. The summed E-state index contributed by atoms with van der Waals surface area (Å²) in [6.45, 7) is 2.38.